The van der Waals surface area contributed by atoms with E-state index in [2.05, 4.69) is 18.2 Å². The maximum absolute atomic E-state index is 9.21. The molecule has 1 aromatic rings. The zero-order valence-electron chi connectivity index (χ0n) is 9.27. The van der Waals surface area contributed by atoms with Gasteiger partial charge in [0.05, 0.1) is 12.3 Å². The number of aliphatic hydroxyl groups is 1. The largest absolute Gasteiger partial charge is 0.393 e. The van der Waals surface area contributed by atoms with E-state index in [0.29, 0.717) is 5.92 Å². The molecule has 0 spiro atoms. The Balaban J connectivity index is 2.26. The monoisotopic (exact) mass is 196 g/mol. The van der Waals surface area contributed by atoms with Crippen molar-refractivity contribution in [1.29, 1.82) is 0 Å². The predicted molar refractivity (Wildman–Crippen MR) is 57.0 cm³/mol. The third-order valence-corrected chi connectivity index (χ3v) is 2.43. The van der Waals surface area contributed by atoms with E-state index in [4.69, 9.17) is 0 Å². The number of hydrogen-bond acceptors (Lipinski definition) is 2. The predicted octanol–water partition coefficient (Wildman–Crippen LogP) is 1.76. The van der Waals surface area contributed by atoms with Crippen LogP contribution in [0.2, 0.25) is 0 Å². The van der Waals surface area contributed by atoms with Crippen LogP contribution in [-0.4, -0.2) is 21.0 Å². The normalized spacial score (nSPS) is 15.4. The van der Waals surface area contributed by atoms with Gasteiger partial charge in [-0.05, 0) is 37.7 Å². The Morgan fingerprint density at radius 1 is 1.50 bits per heavy atom. The van der Waals surface area contributed by atoms with Crippen LogP contribution in [0.25, 0.3) is 0 Å². The fourth-order valence-corrected chi connectivity index (χ4v) is 1.71. The molecule has 2 atom stereocenters. The summed E-state index contributed by atoms with van der Waals surface area (Å²) in [6.07, 6.45) is 6.85. The molecule has 0 aromatic carbocycles. The van der Waals surface area contributed by atoms with Gasteiger partial charge < -0.3 is 5.11 Å². The van der Waals surface area contributed by atoms with Crippen molar-refractivity contribution >= 4 is 0 Å². The first-order valence-corrected chi connectivity index (χ1v) is 5.23. The molecule has 0 radical (unpaired) electrons. The number of hydrogen-bond donors (Lipinski definition) is 1. The topological polar surface area (TPSA) is 38.1 Å². The summed E-state index contributed by atoms with van der Waals surface area (Å²) < 4.78 is 1.83. The molecule has 0 saturated heterocycles. The molecule has 1 heterocycles. The minimum atomic E-state index is -0.182. The molecule has 1 N–H and O–H groups in total. The molecule has 2 unspecified atom stereocenters. The fourth-order valence-electron chi connectivity index (χ4n) is 1.71. The molecule has 0 aliphatic rings. The van der Waals surface area contributed by atoms with Crippen LogP contribution in [0.15, 0.2) is 12.4 Å². The lowest BCUT2D eigenvalue weighted by Gasteiger charge is -2.11. The average molecular weight is 196 g/mol. The Morgan fingerprint density at radius 2 is 2.21 bits per heavy atom. The van der Waals surface area contributed by atoms with E-state index in [1.165, 1.54) is 5.56 Å². The van der Waals surface area contributed by atoms with E-state index >= 15 is 0 Å². The fraction of sp³-hybridized carbons (Fsp3) is 0.727. The molecule has 80 valence electrons. The number of aryl methyl sites for hydroxylation is 2. The first-order chi connectivity index (χ1) is 6.58. The summed E-state index contributed by atoms with van der Waals surface area (Å²) in [6.45, 7) is 4.03. The van der Waals surface area contributed by atoms with Gasteiger partial charge in [-0.15, -0.1) is 0 Å². The first-order valence-electron chi connectivity index (χ1n) is 5.23. The van der Waals surface area contributed by atoms with Crippen LogP contribution in [-0.2, 0) is 13.5 Å². The molecular weight excluding hydrogens is 176 g/mol. The number of aromatic nitrogens is 2. The lowest BCUT2D eigenvalue weighted by molar-refractivity contribution is 0.162. The van der Waals surface area contributed by atoms with Gasteiger partial charge in [0.15, 0.2) is 0 Å². The molecule has 1 rings (SSSR count). The number of nitrogens with zero attached hydrogens (tertiary/aromatic N) is 2. The second-order valence-electron chi connectivity index (χ2n) is 4.25. The molecule has 0 fully saturated rings. The summed E-state index contributed by atoms with van der Waals surface area (Å²) in [4.78, 5) is 0. The van der Waals surface area contributed by atoms with Crippen molar-refractivity contribution in [3.8, 4) is 0 Å². The molecule has 3 heteroatoms. The summed E-state index contributed by atoms with van der Waals surface area (Å²) in [7, 11) is 1.93. The zero-order valence-corrected chi connectivity index (χ0v) is 9.27. The lowest BCUT2D eigenvalue weighted by atomic mass is 9.97. The molecule has 14 heavy (non-hydrogen) atoms. The minimum absolute atomic E-state index is 0.182. The van der Waals surface area contributed by atoms with Gasteiger partial charge in [-0.1, -0.05) is 6.92 Å². The van der Waals surface area contributed by atoms with Gasteiger partial charge in [0.1, 0.15) is 0 Å². The van der Waals surface area contributed by atoms with Gasteiger partial charge in [0, 0.05) is 13.2 Å². The van der Waals surface area contributed by atoms with Crippen molar-refractivity contribution in [2.24, 2.45) is 13.0 Å². The molecule has 0 bridgehead atoms. The molecule has 0 saturated carbocycles. The maximum Gasteiger partial charge on any atom is 0.0521 e. The van der Waals surface area contributed by atoms with Gasteiger partial charge in [0.2, 0.25) is 0 Å². The minimum Gasteiger partial charge on any atom is -0.393 e. The van der Waals surface area contributed by atoms with Crippen LogP contribution in [0.3, 0.4) is 0 Å². The van der Waals surface area contributed by atoms with E-state index in [0.717, 1.165) is 19.3 Å². The summed E-state index contributed by atoms with van der Waals surface area (Å²) in [6, 6.07) is 0. The van der Waals surface area contributed by atoms with Crippen LogP contribution < -0.4 is 0 Å². The van der Waals surface area contributed by atoms with Crippen LogP contribution in [0.1, 0.15) is 32.3 Å². The molecular formula is C11H20N2O. The van der Waals surface area contributed by atoms with Crippen molar-refractivity contribution in [2.75, 3.05) is 0 Å². The standard InChI is InChI=1S/C11H20N2O/c1-9(6-10(2)14)4-5-11-7-12-13(3)8-11/h7-10,14H,4-6H2,1-3H3. The van der Waals surface area contributed by atoms with Crippen LogP contribution in [0, 0.1) is 5.92 Å². The molecule has 0 amide bonds. The van der Waals surface area contributed by atoms with Crippen LogP contribution in [0.5, 0.6) is 0 Å². The third-order valence-electron chi connectivity index (χ3n) is 2.43. The summed E-state index contributed by atoms with van der Waals surface area (Å²) in [5.41, 5.74) is 1.28. The number of aliphatic hydroxyl groups excluding tert-OH is 1. The van der Waals surface area contributed by atoms with E-state index in [1.807, 2.05) is 24.9 Å². The SMILES string of the molecule is CC(O)CC(C)CCc1cnn(C)c1. The summed E-state index contributed by atoms with van der Waals surface area (Å²) in [5.74, 6) is 0.579. The van der Waals surface area contributed by atoms with Crippen molar-refractivity contribution in [3.63, 3.8) is 0 Å². The Kier molecular flexibility index (Phi) is 4.14. The Labute approximate surface area is 85.8 Å². The van der Waals surface area contributed by atoms with E-state index in [-0.39, 0.29) is 6.10 Å². The Morgan fingerprint density at radius 3 is 2.71 bits per heavy atom. The smallest absolute Gasteiger partial charge is 0.0521 e. The highest BCUT2D eigenvalue weighted by Gasteiger charge is 2.06. The van der Waals surface area contributed by atoms with Gasteiger partial charge in [0.25, 0.3) is 0 Å². The molecule has 0 aliphatic heterocycles. The quantitative estimate of drug-likeness (QED) is 0.779. The Bertz CT molecular complexity index is 268. The highest BCUT2D eigenvalue weighted by Crippen LogP contribution is 2.13. The highest BCUT2D eigenvalue weighted by atomic mass is 16.3. The van der Waals surface area contributed by atoms with E-state index in [1.54, 1.807) is 0 Å². The van der Waals surface area contributed by atoms with Crippen molar-refractivity contribution in [1.82, 2.24) is 9.78 Å². The van der Waals surface area contributed by atoms with E-state index < -0.39 is 0 Å². The van der Waals surface area contributed by atoms with Crippen molar-refractivity contribution in [2.45, 2.75) is 39.2 Å². The Hall–Kier alpha value is -0.830. The van der Waals surface area contributed by atoms with Gasteiger partial charge >= 0.3 is 0 Å². The molecule has 0 aliphatic carbocycles. The number of rotatable bonds is 5. The van der Waals surface area contributed by atoms with Crippen molar-refractivity contribution in [3.05, 3.63) is 18.0 Å². The third kappa shape index (κ3) is 3.92. The summed E-state index contributed by atoms with van der Waals surface area (Å²) in [5, 5.41) is 13.3. The van der Waals surface area contributed by atoms with Crippen LogP contribution >= 0.6 is 0 Å². The van der Waals surface area contributed by atoms with Crippen LogP contribution in [0.4, 0.5) is 0 Å². The summed E-state index contributed by atoms with van der Waals surface area (Å²) >= 11 is 0. The highest BCUT2D eigenvalue weighted by molar-refractivity contribution is 5.03. The first kappa shape index (κ1) is 11.2. The van der Waals surface area contributed by atoms with Gasteiger partial charge in [-0.3, -0.25) is 4.68 Å². The lowest BCUT2D eigenvalue weighted by Crippen LogP contribution is -2.07. The maximum atomic E-state index is 9.21. The molecule has 3 nitrogen and oxygen atoms in total. The average Bonchev–Trinajstić information content (AvgIpc) is 2.47. The second kappa shape index (κ2) is 5.15. The van der Waals surface area contributed by atoms with E-state index in [9.17, 15) is 5.11 Å². The zero-order chi connectivity index (χ0) is 10.6. The second-order valence-corrected chi connectivity index (χ2v) is 4.25. The molecule has 1 aromatic heterocycles. The van der Waals surface area contributed by atoms with Gasteiger partial charge in [-0.2, -0.15) is 5.10 Å². The van der Waals surface area contributed by atoms with Crippen molar-refractivity contribution < 1.29 is 5.11 Å². The van der Waals surface area contributed by atoms with Gasteiger partial charge in [-0.25, -0.2) is 0 Å².